The summed E-state index contributed by atoms with van der Waals surface area (Å²) in [5, 5.41) is 4.14. The average Bonchev–Trinajstić information content (AvgIpc) is 3.01. The molecule has 0 radical (unpaired) electrons. The highest BCUT2D eigenvalue weighted by molar-refractivity contribution is 7.98. The van der Waals surface area contributed by atoms with Crippen molar-refractivity contribution in [1.82, 2.24) is 20.2 Å². The molecular weight excluding hydrogens is 344 g/mol. The third-order valence-corrected chi connectivity index (χ3v) is 6.16. The van der Waals surface area contributed by atoms with Crippen LogP contribution in [0.2, 0.25) is 0 Å². The topological polar surface area (TPSA) is 58.1 Å². The normalized spacial score (nSPS) is 22.5. The minimum Gasteiger partial charge on any atom is -0.350 e. The lowest BCUT2D eigenvalue weighted by Gasteiger charge is -2.39. The molecule has 4 rings (SSSR count). The van der Waals surface area contributed by atoms with Crippen LogP contribution in [0.15, 0.2) is 47.9 Å². The lowest BCUT2D eigenvalue weighted by atomic mass is 9.82. The second-order valence-electron chi connectivity index (χ2n) is 7.29. The minimum atomic E-state index is -0.0344. The van der Waals surface area contributed by atoms with Gasteiger partial charge in [0.25, 0.3) is 0 Å². The van der Waals surface area contributed by atoms with Gasteiger partial charge in [-0.1, -0.05) is 42.1 Å². The molecule has 0 unspecified atom stereocenters. The quantitative estimate of drug-likeness (QED) is 0.664. The van der Waals surface area contributed by atoms with Crippen molar-refractivity contribution in [2.24, 2.45) is 0 Å². The van der Waals surface area contributed by atoms with Crippen LogP contribution in [0.1, 0.15) is 36.3 Å². The van der Waals surface area contributed by atoms with E-state index in [1.54, 1.807) is 11.8 Å². The van der Waals surface area contributed by atoms with Crippen molar-refractivity contribution in [2.75, 3.05) is 19.3 Å². The zero-order valence-electron chi connectivity index (χ0n) is 15.0. The number of hydrogen-bond acceptors (Lipinski definition) is 5. The summed E-state index contributed by atoms with van der Waals surface area (Å²) in [6.45, 7) is 2.86. The maximum atomic E-state index is 12.5. The second kappa shape index (κ2) is 7.37. The lowest BCUT2D eigenvalue weighted by Crippen LogP contribution is -2.50. The van der Waals surface area contributed by atoms with Crippen molar-refractivity contribution in [2.45, 2.75) is 42.4 Å². The molecule has 0 bridgehead atoms. The van der Waals surface area contributed by atoms with Gasteiger partial charge in [-0.3, -0.25) is 9.69 Å². The van der Waals surface area contributed by atoms with E-state index in [9.17, 15) is 4.79 Å². The Balaban J connectivity index is 1.36. The Morgan fingerprint density at radius 1 is 1.19 bits per heavy atom. The van der Waals surface area contributed by atoms with Crippen LogP contribution in [0.5, 0.6) is 0 Å². The number of nitrogens with one attached hydrogen (secondary N) is 1. The number of rotatable bonds is 4. The molecule has 2 aromatic rings. The molecule has 1 atom stereocenters. The fourth-order valence-electron chi connectivity index (χ4n) is 4.09. The molecular formula is C20H24N4OS. The first-order valence-electron chi connectivity index (χ1n) is 9.12. The predicted molar refractivity (Wildman–Crippen MR) is 103 cm³/mol. The molecule has 2 fully saturated rings. The summed E-state index contributed by atoms with van der Waals surface area (Å²) in [6.07, 6.45) is 8.75. The van der Waals surface area contributed by atoms with Gasteiger partial charge in [0.15, 0.2) is 5.16 Å². The van der Waals surface area contributed by atoms with Crippen LogP contribution in [0.4, 0.5) is 0 Å². The van der Waals surface area contributed by atoms with Crippen molar-refractivity contribution in [3.05, 3.63) is 53.9 Å². The lowest BCUT2D eigenvalue weighted by molar-refractivity contribution is -0.121. The summed E-state index contributed by atoms with van der Waals surface area (Å²) >= 11 is 1.56. The smallest absolute Gasteiger partial charge is 0.228 e. The number of thioether (sulfide) groups is 1. The van der Waals surface area contributed by atoms with Crippen LogP contribution in [0, 0.1) is 0 Å². The maximum Gasteiger partial charge on any atom is 0.228 e. The van der Waals surface area contributed by atoms with E-state index in [0.29, 0.717) is 0 Å². The first-order chi connectivity index (χ1) is 12.7. The van der Waals surface area contributed by atoms with Gasteiger partial charge in [-0.15, -0.1) is 0 Å². The molecule has 2 saturated heterocycles. The largest absolute Gasteiger partial charge is 0.350 e. The number of hydrogen-bond donors (Lipinski definition) is 1. The summed E-state index contributed by atoms with van der Waals surface area (Å²) < 4.78 is 0. The molecule has 5 nitrogen and oxygen atoms in total. The minimum absolute atomic E-state index is 0.00441. The zero-order chi connectivity index (χ0) is 18.0. The summed E-state index contributed by atoms with van der Waals surface area (Å²) in [5.74, 6) is 0.181. The van der Waals surface area contributed by atoms with Crippen LogP contribution in [-0.2, 0) is 11.3 Å². The summed E-state index contributed by atoms with van der Waals surface area (Å²) in [6, 6.07) is 10.2. The Morgan fingerprint density at radius 2 is 1.88 bits per heavy atom. The fourth-order valence-corrected chi connectivity index (χ4v) is 4.41. The molecule has 3 heterocycles. The van der Waals surface area contributed by atoms with E-state index in [0.717, 1.165) is 55.2 Å². The van der Waals surface area contributed by atoms with Gasteiger partial charge in [-0.25, -0.2) is 9.97 Å². The monoisotopic (exact) mass is 368 g/mol. The Kier molecular flexibility index (Phi) is 4.96. The van der Waals surface area contributed by atoms with Crippen LogP contribution in [0.3, 0.4) is 0 Å². The molecule has 2 aliphatic rings. The maximum absolute atomic E-state index is 12.5. The zero-order valence-corrected chi connectivity index (χ0v) is 15.8. The van der Waals surface area contributed by atoms with Gasteiger partial charge in [0, 0.05) is 43.1 Å². The summed E-state index contributed by atoms with van der Waals surface area (Å²) in [5.41, 5.74) is 2.25. The van der Waals surface area contributed by atoms with Crippen molar-refractivity contribution >= 4 is 17.7 Å². The van der Waals surface area contributed by atoms with E-state index in [1.165, 1.54) is 0 Å². The SMILES string of the molecule is CSc1ncc(CN2CCC3(CC2)C[C@@H](c2ccccc2)C(=O)N3)cn1. The van der Waals surface area contributed by atoms with Crippen molar-refractivity contribution in [1.29, 1.82) is 0 Å². The van der Waals surface area contributed by atoms with Gasteiger partial charge in [-0.2, -0.15) is 0 Å². The molecule has 1 aromatic carbocycles. The summed E-state index contributed by atoms with van der Waals surface area (Å²) in [7, 11) is 0. The van der Waals surface area contributed by atoms with Gasteiger partial charge in [0.05, 0.1) is 5.92 Å². The van der Waals surface area contributed by atoms with Crippen LogP contribution < -0.4 is 5.32 Å². The number of likely N-dealkylation sites (tertiary alicyclic amines) is 1. The second-order valence-corrected chi connectivity index (χ2v) is 8.06. The first kappa shape index (κ1) is 17.5. The number of benzene rings is 1. The highest BCUT2D eigenvalue weighted by atomic mass is 32.2. The van der Waals surface area contributed by atoms with Crippen LogP contribution in [0.25, 0.3) is 0 Å². The van der Waals surface area contributed by atoms with Gasteiger partial charge >= 0.3 is 0 Å². The molecule has 0 saturated carbocycles. The van der Waals surface area contributed by atoms with Gasteiger partial charge in [-0.05, 0) is 31.1 Å². The number of carbonyl (C=O) groups excluding carboxylic acids is 1. The molecule has 6 heteroatoms. The van der Waals surface area contributed by atoms with E-state index in [4.69, 9.17) is 0 Å². The van der Waals surface area contributed by atoms with Crippen LogP contribution in [-0.4, -0.2) is 45.7 Å². The highest BCUT2D eigenvalue weighted by Gasteiger charge is 2.46. The van der Waals surface area contributed by atoms with Crippen molar-refractivity contribution < 1.29 is 4.79 Å². The number of aromatic nitrogens is 2. The fraction of sp³-hybridized carbons (Fsp3) is 0.450. The van der Waals surface area contributed by atoms with Crippen LogP contribution >= 0.6 is 11.8 Å². The Morgan fingerprint density at radius 3 is 2.54 bits per heavy atom. The Hall–Kier alpha value is -1.92. The van der Waals surface area contributed by atoms with E-state index in [2.05, 4.69) is 32.3 Å². The number of carbonyl (C=O) groups is 1. The van der Waals surface area contributed by atoms with E-state index in [-0.39, 0.29) is 17.4 Å². The highest BCUT2D eigenvalue weighted by Crippen LogP contribution is 2.39. The molecule has 26 heavy (non-hydrogen) atoms. The Labute approximate surface area is 158 Å². The van der Waals surface area contributed by atoms with E-state index in [1.807, 2.05) is 36.8 Å². The van der Waals surface area contributed by atoms with Gasteiger partial charge in [0.2, 0.25) is 5.91 Å². The molecule has 0 aliphatic carbocycles. The first-order valence-corrected chi connectivity index (χ1v) is 10.3. The third kappa shape index (κ3) is 3.62. The molecule has 2 aliphatic heterocycles. The van der Waals surface area contributed by atoms with Gasteiger partial charge < -0.3 is 5.32 Å². The molecule has 1 N–H and O–H groups in total. The average molecular weight is 369 g/mol. The van der Waals surface area contributed by atoms with Crippen molar-refractivity contribution in [3.8, 4) is 0 Å². The van der Waals surface area contributed by atoms with E-state index >= 15 is 0 Å². The standard InChI is InChI=1S/C20H24N4OS/c1-26-19-21-12-15(13-22-19)14-24-9-7-20(8-10-24)11-17(18(25)23-20)16-5-3-2-4-6-16/h2-6,12-13,17H,7-11,14H2,1H3,(H,23,25)/t17-/m0/s1. The van der Waals surface area contributed by atoms with E-state index < -0.39 is 0 Å². The molecule has 136 valence electrons. The Bertz CT molecular complexity index is 757. The molecule has 1 amide bonds. The number of nitrogens with zero attached hydrogens (tertiary/aromatic N) is 3. The predicted octanol–water partition coefficient (Wildman–Crippen LogP) is 2.84. The number of amides is 1. The number of piperidine rings is 1. The molecule has 1 aromatic heterocycles. The van der Waals surface area contributed by atoms with Gasteiger partial charge in [0.1, 0.15) is 0 Å². The van der Waals surface area contributed by atoms with Crippen molar-refractivity contribution in [3.63, 3.8) is 0 Å². The summed E-state index contributed by atoms with van der Waals surface area (Å²) in [4.78, 5) is 23.7. The third-order valence-electron chi connectivity index (χ3n) is 5.59. The molecule has 1 spiro atoms.